The molecule has 3 heteroatoms. The molecule has 2 aliphatic carbocycles. The molecule has 31 heavy (non-hydrogen) atoms. The highest BCUT2D eigenvalue weighted by Crippen LogP contribution is 2.48. The van der Waals surface area contributed by atoms with Crippen LogP contribution in [0, 0.1) is 24.7 Å². The van der Waals surface area contributed by atoms with Crippen molar-refractivity contribution in [2.75, 3.05) is 6.54 Å². The van der Waals surface area contributed by atoms with Gasteiger partial charge in [0.25, 0.3) is 0 Å². The fourth-order valence-electron chi connectivity index (χ4n) is 5.31. The third kappa shape index (κ3) is 7.59. The Morgan fingerprint density at radius 2 is 2.00 bits per heavy atom. The van der Waals surface area contributed by atoms with E-state index in [1.54, 1.807) is 5.57 Å². The van der Waals surface area contributed by atoms with Crippen LogP contribution in [0.5, 0.6) is 0 Å². The standard InChI is InChI=1S/C28H43NO2/c1-20-9-8-11-21(15-20)17-24(30)12-13-25-26-18-22(16-23(26)19-27(25)31)10-6-5-7-14-29-28(2,3)4/h8-9,11-13,15-16,23-27,29-31H,5-7,10,14,17-19H2,1-4H3/b13-12+/t23-,24-,25+,26-,27+/m0/s1. The van der Waals surface area contributed by atoms with E-state index in [1.165, 1.54) is 31.2 Å². The fraction of sp³-hybridized carbons (Fsp3) is 0.643. The van der Waals surface area contributed by atoms with Crippen molar-refractivity contribution in [2.45, 2.75) is 90.4 Å². The second kappa shape index (κ2) is 10.9. The van der Waals surface area contributed by atoms with E-state index in [9.17, 15) is 10.2 Å². The molecule has 1 saturated carbocycles. The molecule has 0 amide bonds. The molecule has 172 valence electrons. The second-order valence-corrected chi connectivity index (χ2v) is 10.9. The average molecular weight is 426 g/mol. The predicted molar refractivity (Wildman–Crippen MR) is 130 cm³/mol. The van der Waals surface area contributed by atoms with E-state index < -0.39 is 6.10 Å². The van der Waals surface area contributed by atoms with Crippen molar-refractivity contribution in [2.24, 2.45) is 17.8 Å². The molecule has 0 spiro atoms. The molecule has 3 N–H and O–H groups in total. The van der Waals surface area contributed by atoms with Crippen molar-refractivity contribution in [3.8, 4) is 0 Å². The number of aliphatic hydroxyl groups is 2. The van der Waals surface area contributed by atoms with Gasteiger partial charge in [-0.05, 0) is 83.7 Å². The minimum absolute atomic E-state index is 0.168. The van der Waals surface area contributed by atoms with Crippen LogP contribution in [-0.2, 0) is 6.42 Å². The van der Waals surface area contributed by atoms with E-state index in [-0.39, 0.29) is 17.6 Å². The highest BCUT2D eigenvalue weighted by atomic mass is 16.3. The molecule has 1 aromatic rings. The lowest BCUT2D eigenvalue weighted by atomic mass is 9.88. The van der Waals surface area contributed by atoms with Crippen LogP contribution in [0.2, 0.25) is 0 Å². The molecular formula is C28H43NO2. The van der Waals surface area contributed by atoms with Gasteiger partial charge in [0.2, 0.25) is 0 Å². The summed E-state index contributed by atoms with van der Waals surface area (Å²) in [6.45, 7) is 9.83. The number of hydrogen-bond acceptors (Lipinski definition) is 3. The van der Waals surface area contributed by atoms with Crippen molar-refractivity contribution in [1.82, 2.24) is 5.32 Å². The van der Waals surface area contributed by atoms with Gasteiger partial charge in [-0.1, -0.05) is 60.1 Å². The van der Waals surface area contributed by atoms with Crippen LogP contribution in [-0.4, -0.2) is 34.5 Å². The van der Waals surface area contributed by atoms with E-state index in [0.29, 0.717) is 18.3 Å². The predicted octanol–water partition coefficient (Wildman–Crippen LogP) is 5.35. The molecule has 0 saturated heterocycles. The van der Waals surface area contributed by atoms with Crippen LogP contribution in [0.1, 0.15) is 70.4 Å². The molecular weight excluding hydrogens is 382 g/mol. The van der Waals surface area contributed by atoms with Gasteiger partial charge in [-0.2, -0.15) is 0 Å². The summed E-state index contributed by atoms with van der Waals surface area (Å²) >= 11 is 0. The monoisotopic (exact) mass is 425 g/mol. The van der Waals surface area contributed by atoms with Crippen molar-refractivity contribution in [1.29, 1.82) is 0 Å². The van der Waals surface area contributed by atoms with E-state index in [4.69, 9.17) is 0 Å². The van der Waals surface area contributed by atoms with Crippen LogP contribution >= 0.6 is 0 Å². The molecule has 0 radical (unpaired) electrons. The lowest BCUT2D eigenvalue weighted by Gasteiger charge is -2.20. The van der Waals surface area contributed by atoms with Gasteiger partial charge in [0.05, 0.1) is 12.2 Å². The topological polar surface area (TPSA) is 52.5 Å². The molecule has 0 aromatic heterocycles. The normalized spacial score (nSPS) is 27.0. The maximum absolute atomic E-state index is 10.6. The first-order valence-corrected chi connectivity index (χ1v) is 12.3. The smallest absolute Gasteiger partial charge is 0.0761 e. The zero-order valence-electron chi connectivity index (χ0n) is 20.0. The Morgan fingerprint density at radius 1 is 1.19 bits per heavy atom. The van der Waals surface area contributed by atoms with Gasteiger partial charge in [0.15, 0.2) is 0 Å². The Bertz CT molecular complexity index is 761. The number of benzene rings is 1. The van der Waals surface area contributed by atoms with E-state index in [0.717, 1.165) is 24.9 Å². The number of rotatable bonds is 10. The van der Waals surface area contributed by atoms with Crippen LogP contribution in [0.4, 0.5) is 0 Å². The molecule has 0 heterocycles. The number of hydrogen-bond donors (Lipinski definition) is 3. The summed E-state index contributed by atoms with van der Waals surface area (Å²) in [5, 5.41) is 24.6. The number of fused-ring (bicyclic) bond motifs is 1. The van der Waals surface area contributed by atoms with Crippen LogP contribution in [0.25, 0.3) is 0 Å². The van der Waals surface area contributed by atoms with Crippen LogP contribution in [0.3, 0.4) is 0 Å². The quantitative estimate of drug-likeness (QED) is 0.350. The molecule has 2 aliphatic rings. The minimum atomic E-state index is -0.497. The van der Waals surface area contributed by atoms with Crippen molar-refractivity contribution in [3.63, 3.8) is 0 Å². The number of allylic oxidation sites excluding steroid dienone is 2. The average Bonchev–Trinajstić information content (AvgIpc) is 3.18. The van der Waals surface area contributed by atoms with Gasteiger partial charge >= 0.3 is 0 Å². The zero-order chi connectivity index (χ0) is 22.4. The van der Waals surface area contributed by atoms with E-state index >= 15 is 0 Å². The summed E-state index contributed by atoms with van der Waals surface area (Å²) in [5.41, 5.74) is 4.18. The lowest BCUT2D eigenvalue weighted by Crippen LogP contribution is -2.36. The molecule has 1 fully saturated rings. The third-order valence-corrected chi connectivity index (χ3v) is 6.86. The Hall–Kier alpha value is -1.42. The molecule has 3 nitrogen and oxygen atoms in total. The maximum atomic E-state index is 10.6. The zero-order valence-corrected chi connectivity index (χ0v) is 20.0. The molecule has 0 bridgehead atoms. The first-order chi connectivity index (χ1) is 14.7. The summed E-state index contributed by atoms with van der Waals surface area (Å²) in [6, 6.07) is 8.31. The third-order valence-electron chi connectivity index (χ3n) is 6.86. The first kappa shape index (κ1) is 24.2. The summed E-state index contributed by atoms with van der Waals surface area (Å²) in [6.07, 6.45) is 13.3. The van der Waals surface area contributed by atoms with Crippen molar-refractivity contribution < 1.29 is 10.2 Å². The van der Waals surface area contributed by atoms with Gasteiger partial charge in [-0.15, -0.1) is 0 Å². The van der Waals surface area contributed by atoms with Gasteiger partial charge in [-0.3, -0.25) is 0 Å². The second-order valence-electron chi connectivity index (χ2n) is 10.9. The van der Waals surface area contributed by atoms with E-state index in [1.807, 2.05) is 12.1 Å². The Labute approximate surface area is 189 Å². The molecule has 5 atom stereocenters. The Morgan fingerprint density at radius 3 is 2.74 bits per heavy atom. The van der Waals surface area contributed by atoms with Gasteiger partial charge in [0, 0.05) is 17.9 Å². The molecule has 0 unspecified atom stereocenters. The number of nitrogens with one attached hydrogen (secondary N) is 1. The minimum Gasteiger partial charge on any atom is -0.392 e. The largest absolute Gasteiger partial charge is 0.392 e. The Balaban J connectivity index is 1.42. The molecule has 3 rings (SSSR count). The maximum Gasteiger partial charge on any atom is 0.0761 e. The summed E-state index contributed by atoms with van der Waals surface area (Å²) in [5.74, 6) is 1.19. The van der Waals surface area contributed by atoms with Crippen LogP contribution in [0.15, 0.2) is 48.1 Å². The summed E-state index contributed by atoms with van der Waals surface area (Å²) < 4.78 is 0. The highest BCUT2D eigenvalue weighted by Gasteiger charge is 2.43. The van der Waals surface area contributed by atoms with E-state index in [2.05, 4.69) is 63.4 Å². The summed E-state index contributed by atoms with van der Waals surface area (Å²) in [4.78, 5) is 0. The van der Waals surface area contributed by atoms with Crippen molar-refractivity contribution in [3.05, 3.63) is 59.2 Å². The SMILES string of the molecule is Cc1cccc(C[C@@H](O)/C=C/[C@@H]2[C@H]3CC(CCCCCNC(C)(C)C)=C[C@H]3C[C@H]2O)c1. The number of aryl methyl sites for hydroxylation is 1. The number of aliphatic hydroxyl groups excluding tert-OH is 2. The Kier molecular flexibility index (Phi) is 8.55. The summed E-state index contributed by atoms with van der Waals surface area (Å²) in [7, 11) is 0. The van der Waals surface area contributed by atoms with Gasteiger partial charge < -0.3 is 15.5 Å². The van der Waals surface area contributed by atoms with Crippen molar-refractivity contribution >= 4 is 0 Å². The fourth-order valence-corrected chi connectivity index (χ4v) is 5.31. The van der Waals surface area contributed by atoms with Crippen LogP contribution < -0.4 is 5.32 Å². The van der Waals surface area contributed by atoms with Gasteiger partial charge in [-0.25, -0.2) is 0 Å². The first-order valence-electron chi connectivity index (χ1n) is 12.3. The number of unbranched alkanes of at least 4 members (excludes halogenated alkanes) is 2. The molecule has 0 aliphatic heterocycles. The van der Waals surface area contributed by atoms with Gasteiger partial charge in [0.1, 0.15) is 0 Å². The molecule has 1 aromatic carbocycles. The lowest BCUT2D eigenvalue weighted by molar-refractivity contribution is 0.140. The highest BCUT2D eigenvalue weighted by molar-refractivity contribution is 5.24.